The molecule has 2 atom stereocenters. The lowest BCUT2D eigenvalue weighted by Crippen LogP contribution is -2.35. The zero-order valence-corrected chi connectivity index (χ0v) is 8.01. The maximum absolute atomic E-state index is 9.13. The second kappa shape index (κ2) is 7.15. The van der Waals surface area contributed by atoms with Crippen molar-refractivity contribution in [1.82, 2.24) is 5.32 Å². The molecule has 0 bridgehead atoms. The zero-order chi connectivity index (χ0) is 9.40. The third kappa shape index (κ3) is 6.21. The fraction of sp³-hybridized carbons (Fsp3) is 0.800. The van der Waals surface area contributed by atoms with Crippen molar-refractivity contribution >= 4 is 0 Å². The topological polar surface area (TPSA) is 32.3 Å². The summed E-state index contributed by atoms with van der Waals surface area (Å²) >= 11 is 0. The Balaban J connectivity index is 3.15. The molecule has 2 unspecified atom stereocenters. The minimum Gasteiger partial charge on any atom is -0.392 e. The highest BCUT2D eigenvalue weighted by Gasteiger charge is 2.05. The minimum atomic E-state index is -0.280. The van der Waals surface area contributed by atoms with Crippen molar-refractivity contribution in [2.45, 2.75) is 45.3 Å². The van der Waals surface area contributed by atoms with Gasteiger partial charge >= 0.3 is 0 Å². The van der Waals surface area contributed by atoms with Gasteiger partial charge in [0.25, 0.3) is 0 Å². The molecule has 2 N–H and O–H groups in total. The molecule has 0 aromatic heterocycles. The van der Waals surface area contributed by atoms with E-state index >= 15 is 0 Å². The van der Waals surface area contributed by atoms with Crippen LogP contribution in [0.15, 0.2) is 0 Å². The summed E-state index contributed by atoms with van der Waals surface area (Å²) in [6.07, 6.45) is 7.83. The van der Waals surface area contributed by atoms with Gasteiger partial charge in [-0.05, 0) is 33.2 Å². The van der Waals surface area contributed by atoms with Crippen molar-refractivity contribution in [3.05, 3.63) is 0 Å². The quantitative estimate of drug-likeness (QED) is 0.462. The largest absolute Gasteiger partial charge is 0.392 e. The summed E-state index contributed by atoms with van der Waals surface area (Å²) in [6.45, 7) is 4.71. The Morgan fingerprint density at radius 2 is 2.08 bits per heavy atom. The van der Waals surface area contributed by atoms with Crippen molar-refractivity contribution in [3.8, 4) is 12.3 Å². The van der Waals surface area contributed by atoms with Crippen LogP contribution in [0.25, 0.3) is 0 Å². The van der Waals surface area contributed by atoms with Gasteiger partial charge in [0.05, 0.1) is 6.10 Å². The van der Waals surface area contributed by atoms with E-state index in [4.69, 9.17) is 11.5 Å². The van der Waals surface area contributed by atoms with E-state index in [-0.39, 0.29) is 12.1 Å². The summed E-state index contributed by atoms with van der Waals surface area (Å²) in [5.74, 6) is 2.60. The normalized spacial score (nSPS) is 15.2. The van der Waals surface area contributed by atoms with E-state index in [2.05, 4.69) is 11.2 Å². The molecule has 0 aromatic rings. The molecule has 70 valence electrons. The van der Waals surface area contributed by atoms with Crippen molar-refractivity contribution in [2.75, 3.05) is 6.54 Å². The molecule has 0 spiro atoms. The molecular weight excluding hydrogens is 150 g/mol. The van der Waals surface area contributed by atoms with Crippen LogP contribution in [0.1, 0.15) is 33.1 Å². The van der Waals surface area contributed by atoms with E-state index in [1.54, 1.807) is 6.92 Å². The second-order valence-electron chi connectivity index (χ2n) is 3.14. The average molecular weight is 169 g/mol. The summed E-state index contributed by atoms with van der Waals surface area (Å²) in [5.41, 5.74) is 0. The van der Waals surface area contributed by atoms with Crippen LogP contribution in [0, 0.1) is 12.3 Å². The van der Waals surface area contributed by atoms with Crippen LogP contribution in [0.5, 0.6) is 0 Å². The number of terminal acetylenes is 1. The van der Waals surface area contributed by atoms with Crippen LogP contribution in [0.2, 0.25) is 0 Å². The van der Waals surface area contributed by atoms with Gasteiger partial charge in [-0.2, -0.15) is 0 Å². The fourth-order valence-corrected chi connectivity index (χ4v) is 0.852. The first kappa shape index (κ1) is 11.5. The number of hydrogen-bond donors (Lipinski definition) is 2. The smallest absolute Gasteiger partial charge is 0.0662 e. The molecule has 0 radical (unpaired) electrons. The summed E-state index contributed by atoms with van der Waals surface area (Å²) in [6, 6.07) is 0.177. The third-order valence-corrected chi connectivity index (χ3v) is 1.94. The lowest BCUT2D eigenvalue weighted by atomic mass is 10.2. The van der Waals surface area contributed by atoms with Gasteiger partial charge in [-0.3, -0.25) is 0 Å². The second-order valence-corrected chi connectivity index (χ2v) is 3.14. The molecule has 0 aliphatic heterocycles. The number of rotatable bonds is 6. The first-order valence-corrected chi connectivity index (χ1v) is 4.53. The summed E-state index contributed by atoms with van der Waals surface area (Å²) < 4.78 is 0. The predicted octanol–water partition coefficient (Wildman–Crippen LogP) is 1.15. The van der Waals surface area contributed by atoms with E-state index in [9.17, 15) is 0 Å². The van der Waals surface area contributed by atoms with E-state index in [0.29, 0.717) is 0 Å². The minimum absolute atomic E-state index is 0.177. The molecule has 2 nitrogen and oxygen atoms in total. The Labute approximate surface area is 75.4 Å². The van der Waals surface area contributed by atoms with Crippen molar-refractivity contribution in [1.29, 1.82) is 0 Å². The molecule has 0 saturated carbocycles. The first-order chi connectivity index (χ1) is 5.68. The molecule has 0 fully saturated rings. The molecule has 12 heavy (non-hydrogen) atoms. The molecule has 0 saturated heterocycles. The Bertz CT molecular complexity index is 137. The van der Waals surface area contributed by atoms with Gasteiger partial charge in [0.2, 0.25) is 0 Å². The maximum atomic E-state index is 9.13. The van der Waals surface area contributed by atoms with E-state index < -0.39 is 0 Å². The Hall–Kier alpha value is -0.520. The zero-order valence-electron chi connectivity index (χ0n) is 8.01. The molecule has 0 aliphatic carbocycles. The summed E-state index contributed by atoms with van der Waals surface area (Å²) in [5, 5.41) is 12.4. The SMILES string of the molecule is C#CCCCCNC(C)C(C)O. The molecule has 0 rings (SSSR count). The van der Waals surface area contributed by atoms with Crippen LogP contribution >= 0.6 is 0 Å². The number of nitrogens with one attached hydrogen (secondary N) is 1. The summed E-state index contributed by atoms with van der Waals surface area (Å²) in [4.78, 5) is 0. The molecule has 0 aliphatic rings. The molecule has 2 heteroatoms. The highest BCUT2D eigenvalue weighted by atomic mass is 16.3. The van der Waals surface area contributed by atoms with Crippen LogP contribution in [-0.4, -0.2) is 23.8 Å². The van der Waals surface area contributed by atoms with Gasteiger partial charge in [0.15, 0.2) is 0 Å². The number of unbranched alkanes of at least 4 members (excludes halogenated alkanes) is 2. The van der Waals surface area contributed by atoms with Crippen molar-refractivity contribution in [2.24, 2.45) is 0 Å². The van der Waals surface area contributed by atoms with Crippen LogP contribution in [0.3, 0.4) is 0 Å². The average Bonchev–Trinajstić information content (AvgIpc) is 2.03. The Morgan fingerprint density at radius 3 is 2.58 bits per heavy atom. The van der Waals surface area contributed by atoms with Gasteiger partial charge in [-0.1, -0.05) is 0 Å². The molecule has 0 aromatic carbocycles. The highest BCUT2D eigenvalue weighted by molar-refractivity contribution is 4.83. The lowest BCUT2D eigenvalue weighted by molar-refractivity contribution is 0.153. The lowest BCUT2D eigenvalue weighted by Gasteiger charge is -2.15. The van der Waals surface area contributed by atoms with Crippen LogP contribution in [0.4, 0.5) is 0 Å². The van der Waals surface area contributed by atoms with Crippen molar-refractivity contribution < 1.29 is 5.11 Å². The standard InChI is InChI=1S/C10H19NO/c1-4-5-6-7-8-11-9(2)10(3)12/h1,9-12H,5-8H2,2-3H3. The Morgan fingerprint density at radius 1 is 1.42 bits per heavy atom. The highest BCUT2D eigenvalue weighted by Crippen LogP contribution is 1.94. The molecule has 0 amide bonds. The summed E-state index contributed by atoms with van der Waals surface area (Å²) in [7, 11) is 0. The Kier molecular flexibility index (Phi) is 6.84. The van der Waals surface area contributed by atoms with Gasteiger partial charge in [-0.25, -0.2) is 0 Å². The van der Waals surface area contributed by atoms with Crippen molar-refractivity contribution in [3.63, 3.8) is 0 Å². The van der Waals surface area contributed by atoms with Gasteiger partial charge < -0.3 is 10.4 Å². The van der Waals surface area contributed by atoms with Gasteiger partial charge in [-0.15, -0.1) is 12.3 Å². The van der Waals surface area contributed by atoms with Gasteiger partial charge in [0, 0.05) is 12.5 Å². The maximum Gasteiger partial charge on any atom is 0.0662 e. The fourth-order valence-electron chi connectivity index (χ4n) is 0.852. The van der Waals surface area contributed by atoms with E-state index in [0.717, 1.165) is 25.8 Å². The van der Waals surface area contributed by atoms with E-state index in [1.807, 2.05) is 6.92 Å². The molecule has 0 heterocycles. The van der Waals surface area contributed by atoms with Crippen LogP contribution in [-0.2, 0) is 0 Å². The van der Waals surface area contributed by atoms with E-state index in [1.165, 1.54) is 0 Å². The predicted molar refractivity (Wildman–Crippen MR) is 51.8 cm³/mol. The first-order valence-electron chi connectivity index (χ1n) is 4.53. The number of aliphatic hydroxyl groups is 1. The number of aliphatic hydroxyl groups excluding tert-OH is 1. The third-order valence-electron chi connectivity index (χ3n) is 1.94. The molecular formula is C10H19NO. The van der Waals surface area contributed by atoms with Crippen LogP contribution < -0.4 is 5.32 Å². The number of hydrogen-bond acceptors (Lipinski definition) is 2. The monoisotopic (exact) mass is 169 g/mol. The van der Waals surface area contributed by atoms with Gasteiger partial charge in [0.1, 0.15) is 0 Å².